The molecular weight excluding hydrogens is 475 g/mol. The van der Waals surface area contributed by atoms with Crippen LogP contribution in [0.25, 0.3) is 0 Å². The van der Waals surface area contributed by atoms with E-state index in [1.54, 1.807) is 0 Å². The van der Waals surface area contributed by atoms with Crippen LogP contribution in [-0.2, 0) is 105 Å². The number of anilines is 2. The molecule has 5 heteroatoms. The largest absolute Gasteiger partial charge is 0.420 e. The summed E-state index contributed by atoms with van der Waals surface area (Å²) in [6.45, 7) is 3.99. The van der Waals surface area contributed by atoms with Crippen LogP contribution in [0.1, 0.15) is 22.3 Å². The molecule has 4 N–H and O–H groups in total. The smallest absolute Gasteiger partial charge is 0 e. The molecule has 0 saturated carbocycles. The van der Waals surface area contributed by atoms with Crippen molar-refractivity contribution < 1.29 is 98.1 Å². The fourth-order valence-electron chi connectivity index (χ4n) is 1.80. The molecule has 0 aliphatic rings. The summed E-state index contributed by atoms with van der Waals surface area (Å²) in [5.41, 5.74) is 17.5. The second kappa shape index (κ2) is 11.0. The molecule has 2 aromatic rings. The minimum atomic E-state index is 0. The molecule has 20 heavy (non-hydrogen) atoms. The molecule has 0 heterocycles. The Labute approximate surface area is 196 Å². The van der Waals surface area contributed by atoms with Gasteiger partial charge >= 0.3 is 0 Å². The molecule has 0 unspecified atom stereocenters. The predicted molar refractivity (Wildman–Crippen MR) is 71.7 cm³/mol. The van der Waals surface area contributed by atoms with Crippen molar-refractivity contribution in [2.75, 3.05) is 11.5 Å². The molecule has 0 aromatic heterocycles. The summed E-state index contributed by atoms with van der Waals surface area (Å²) in [5.74, 6) is 0. The second-order valence-electron chi connectivity index (χ2n) is 4.39. The van der Waals surface area contributed by atoms with Crippen molar-refractivity contribution in [1.82, 2.24) is 0 Å². The van der Waals surface area contributed by atoms with Crippen LogP contribution in [0.5, 0.6) is 0 Å². The Morgan fingerprint density at radius 2 is 1.15 bits per heavy atom. The first kappa shape index (κ1) is 23.6. The molecule has 97 valence electrons. The number of nitrogens with two attached hydrogens (primary N) is 2. The van der Waals surface area contributed by atoms with Gasteiger partial charge in [-0.05, 0) is 0 Å². The van der Waals surface area contributed by atoms with Crippen LogP contribution in [0.3, 0.4) is 0 Å². The third-order valence-electron chi connectivity index (χ3n) is 2.89. The van der Waals surface area contributed by atoms with Crippen LogP contribution >= 0.6 is 0 Å². The van der Waals surface area contributed by atoms with Gasteiger partial charge in [0.15, 0.2) is 0 Å². The quantitative estimate of drug-likeness (QED) is 0.502. The van der Waals surface area contributed by atoms with Gasteiger partial charge in [0.2, 0.25) is 0 Å². The van der Waals surface area contributed by atoms with Crippen LogP contribution in [0.4, 0.5) is 11.4 Å². The van der Waals surface area contributed by atoms with Crippen LogP contribution in [0.2, 0.25) is 0 Å². The molecule has 2 rings (SSSR count). The van der Waals surface area contributed by atoms with Gasteiger partial charge in [-0.25, -0.2) is 0 Å². The van der Waals surface area contributed by atoms with Gasteiger partial charge in [0, 0.05) is 98.1 Å². The van der Waals surface area contributed by atoms with Gasteiger partial charge in [0.25, 0.3) is 0 Å². The maximum absolute atomic E-state index is 5.75. The van der Waals surface area contributed by atoms with Crippen molar-refractivity contribution in [3.8, 4) is 0 Å². The summed E-state index contributed by atoms with van der Waals surface area (Å²) in [4.78, 5) is 0. The summed E-state index contributed by atoms with van der Waals surface area (Å²) < 4.78 is 0. The first-order chi connectivity index (χ1) is 8.06. The van der Waals surface area contributed by atoms with Crippen molar-refractivity contribution >= 4 is 11.4 Å². The predicted octanol–water partition coefficient (Wildman–Crippen LogP) is 2.65. The minimum Gasteiger partial charge on any atom is -0.420 e. The number of nitrogen functional groups attached to an aromatic ring is 2. The molecule has 0 fully saturated rings. The molecule has 0 amide bonds. The van der Waals surface area contributed by atoms with Gasteiger partial charge in [-0.1, -0.05) is 31.6 Å². The van der Waals surface area contributed by atoms with Crippen molar-refractivity contribution in [2.24, 2.45) is 0 Å². The monoisotopic (exact) mass is 491 g/mol. The van der Waals surface area contributed by atoms with Gasteiger partial charge in [-0.3, -0.25) is 0 Å². The van der Waals surface area contributed by atoms with E-state index in [0.29, 0.717) is 11.4 Å². The average Bonchev–Trinajstić information content (AvgIpc) is 2.29. The maximum Gasteiger partial charge on any atom is 0 e. The Kier molecular flexibility index (Phi) is 13.0. The zero-order valence-corrected chi connectivity index (χ0v) is 20.4. The van der Waals surface area contributed by atoms with Gasteiger partial charge < -0.3 is 11.5 Å². The molecule has 0 bridgehead atoms. The number of hydrogen-bond acceptors (Lipinski definition) is 2. The van der Waals surface area contributed by atoms with E-state index in [0.717, 1.165) is 17.5 Å². The Morgan fingerprint density at radius 1 is 0.800 bits per heavy atom. The molecular formula is C15H16N2Y3-2. The van der Waals surface area contributed by atoms with Gasteiger partial charge in [0.1, 0.15) is 0 Å². The van der Waals surface area contributed by atoms with Crippen LogP contribution in [0, 0.1) is 26.0 Å². The standard InChI is InChI=1S/C15H16N2.3Y/c1-10-7-12(3-5-14(10)16)9-13-4-6-15(17)11(2)8-13;;;/h3-4,7-8H,9,16-17H2,1-2H3;;;/q-2;;;. The van der Waals surface area contributed by atoms with E-state index in [2.05, 4.69) is 24.3 Å². The zero-order chi connectivity index (χ0) is 12.4. The molecule has 0 aliphatic heterocycles. The Hall–Kier alpha value is 1.35. The minimum absolute atomic E-state index is 0. The van der Waals surface area contributed by atoms with Crippen LogP contribution in [0.15, 0.2) is 24.3 Å². The van der Waals surface area contributed by atoms with Gasteiger partial charge in [-0.2, -0.15) is 47.5 Å². The average molecular weight is 491 g/mol. The molecule has 0 atom stereocenters. The first-order valence-corrected chi connectivity index (χ1v) is 5.59. The van der Waals surface area contributed by atoms with E-state index in [4.69, 9.17) is 11.5 Å². The van der Waals surface area contributed by atoms with E-state index in [-0.39, 0.29) is 98.1 Å². The number of rotatable bonds is 2. The summed E-state index contributed by atoms with van der Waals surface area (Å²) in [6.07, 6.45) is 0.856. The van der Waals surface area contributed by atoms with Crippen LogP contribution < -0.4 is 11.5 Å². The second-order valence-corrected chi connectivity index (χ2v) is 4.39. The van der Waals surface area contributed by atoms with Crippen LogP contribution in [-0.4, -0.2) is 0 Å². The molecule has 2 nitrogen and oxygen atoms in total. The Balaban J connectivity index is 0. The summed E-state index contributed by atoms with van der Waals surface area (Å²) in [6, 6.07) is 14.2. The number of hydrogen-bond donors (Lipinski definition) is 2. The molecule has 0 aliphatic carbocycles. The summed E-state index contributed by atoms with van der Waals surface area (Å²) in [5, 5.41) is 0. The van der Waals surface area contributed by atoms with E-state index < -0.39 is 0 Å². The summed E-state index contributed by atoms with van der Waals surface area (Å²) >= 11 is 0. The zero-order valence-electron chi connectivity index (χ0n) is 11.9. The Morgan fingerprint density at radius 3 is 1.45 bits per heavy atom. The molecule has 0 saturated heterocycles. The normalized spacial score (nSPS) is 8.90. The topological polar surface area (TPSA) is 52.0 Å². The number of benzene rings is 2. The molecule has 3 radical (unpaired) electrons. The fraction of sp³-hybridized carbons (Fsp3) is 0.200. The van der Waals surface area contributed by atoms with Crippen molar-refractivity contribution in [2.45, 2.75) is 20.3 Å². The number of aryl methyl sites for hydroxylation is 2. The van der Waals surface area contributed by atoms with Crippen molar-refractivity contribution in [1.29, 1.82) is 0 Å². The third kappa shape index (κ3) is 6.63. The summed E-state index contributed by atoms with van der Waals surface area (Å²) in [7, 11) is 0. The first-order valence-electron chi connectivity index (χ1n) is 5.59. The van der Waals surface area contributed by atoms with E-state index in [1.807, 2.05) is 26.0 Å². The molecule has 2 aromatic carbocycles. The third-order valence-corrected chi connectivity index (χ3v) is 2.89. The van der Waals surface area contributed by atoms with Gasteiger partial charge in [-0.15, -0.1) is 11.1 Å². The van der Waals surface area contributed by atoms with Crippen molar-refractivity contribution in [3.05, 3.63) is 58.7 Å². The SMILES string of the molecule is Cc1cc(Cc2c[c-]c(N)c(C)c2)c[c-]c1N.[Y].[Y].[Y]. The maximum atomic E-state index is 5.75. The molecule has 0 spiro atoms. The van der Waals surface area contributed by atoms with E-state index >= 15 is 0 Å². The van der Waals surface area contributed by atoms with E-state index in [9.17, 15) is 0 Å². The van der Waals surface area contributed by atoms with Gasteiger partial charge in [0.05, 0.1) is 0 Å². The van der Waals surface area contributed by atoms with E-state index in [1.165, 1.54) is 11.1 Å². The Bertz CT molecular complexity index is 507. The fourth-order valence-corrected chi connectivity index (χ4v) is 1.80. The van der Waals surface area contributed by atoms with Crippen molar-refractivity contribution in [3.63, 3.8) is 0 Å².